The van der Waals surface area contributed by atoms with Crippen molar-refractivity contribution in [2.24, 2.45) is 35.5 Å². The van der Waals surface area contributed by atoms with Crippen LogP contribution < -0.4 is 4.90 Å². The molecule has 0 spiro atoms. The van der Waals surface area contributed by atoms with Gasteiger partial charge in [-0.2, -0.15) is 0 Å². The monoisotopic (exact) mass is 660 g/mol. The predicted molar refractivity (Wildman–Crippen MR) is 172 cm³/mol. The number of hydrogen-bond acceptors (Lipinski definition) is 6. The Bertz CT molecular complexity index is 1930. The summed E-state index contributed by atoms with van der Waals surface area (Å²) < 4.78 is 6.49. The Morgan fingerprint density at radius 3 is 2.20 bits per heavy atom. The van der Waals surface area contributed by atoms with E-state index in [-0.39, 0.29) is 46.8 Å². The van der Waals surface area contributed by atoms with Gasteiger partial charge in [-0.25, -0.2) is 9.78 Å². The molecule has 7 unspecified atom stereocenters. The molecule has 2 saturated carbocycles. The second kappa shape index (κ2) is 10.3. The van der Waals surface area contributed by atoms with Gasteiger partial charge in [0.1, 0.15) is 0 Å². The maximum absolute atomic E-state index is 13.6. The van der Waals surface area contributed by atoms with E-state index in [9.17, 15) is 19.2 Å². The number of ether oxygens (including phenoxy) is 1. The smallest absolute Gasteiger partial charge is 0.339 e. The summed E-state index contributed by atoms with van der Waals surface area (Å²) in [4.78, 5) is 60.0. The number of imide groups is 1. The molecule has 0 N–H and O–H groups in total. The molecule has 0 radical (unpaired) electrons. The quantitative estimate of drug-likeness (QED) is 0.0961. The lowest BCUT2D eigenvalue weighted by Gasteiger charge is -2.37. The van der Waals surface area contributed by atoms with Crippen molar-refractivity contribution in [3.05, 3.63) is 106 Å². The van der Waals surface area contributed by atoms with Crippen LogP contribution >= 0.6 is 15.9 Å². The molecule has 1 saturated heterocycles. The first-order chi connectivity index (χ1) is 21.7. The van der Waals surface area contributed by atoms with E-state index in [0.29, 0.717) is 45.2 Å². The molecule has 7 nitrogen and oxygen atoms in total. The van der Waals surface area contributed by atoms with Gasteiger partial charge < -0.3 is 4.74 Å². The van der Waals surface area contributed by atoms with Crippen LogP contribution in [0.25, 0.3) is 22.2 Å². The van der Waals surface area contributed by atoms with Gasteiger partial charge in [0, 0.05) is 21.0 Å². The van der Waals surface area contributed by atoms with Gasteiger partial charge in [-0.05, 0) is 79.8 Å². The van der Waals surface area contributed by atoms with Crippen molar-refractivity contribution in [2.75, 3.05) is 4.90 Å². The van der Waals surface area contributed by atoms with Crippen molar-refractivity contribution in [3.63, 3.8) is 0 Å². The lowest BCUT2D eigenvalue weighted by Crippen LogP contribution is -2.40. The van der Waals surface area contributed by atoms with Crippen molar-refractivity contribution in [1.82, 2.24) is 4.98 Å². The first-order valence-corrected chi connectivity index (χ1v) is 16.1. The third-order valence-electron chi connectivity index (χ3n) is 10.1. The first-order valence-electron chi connectivity index (χ1n) is 15.3. The Morgan fingerprint density at radius 2 is 1.56 bits per heavy atom. The molecule has 1 aromatic heterocycles. The van der Waals surface area contributed by atoms with Crippen molar-refractivity contribution < 1.29 is 23.9 Å². The lowest BCUT2D eigenvalue weighted by molar-refractivity contribution is -0.124. The number of pyridine rings is 1. The summed E-state index contributed by atoms with van der Waals surface area (Å²) in [5.41, 5.74) is 4.03. The van der Waals surface area contributed by atoms with E-state index in [2.05, 4.69) is 28.1 Å². The van der Waals surface area contributed by atoms with Crippen molar-refractivity contribution in [2.45, 2.75) is 26.4 Å². The maximum atomic E-state index is 13.6. The fraction of sp³-hybridized carbons (Fsp3) is 0.270. The average Bonchev–Trinajstić information content (AvgIpc) is 3.83. The highest BCUT2D eigenvalue weighted by molar-refractivity contribution is 9.10. The third-order valence-corrected chi connectivity index (χ3v) is 10.5. The van der Waals surface area contributed by atoms with Crippen molar-refractivity contribution in [1.29, 1.82) is 0 Å². The van der Waals surface area contributed by atoms with E-state index >= 15 is 0 Å². The number of aryl methyl sites for hydroxylation is 1. The number of halogens is 1. The minimum absolute atomic E-state index is 0.100. The summed E-state index contributed by atoms with van der Waals surface area (Å²) in [6, 6.07) is 21.3. The van der Waals surface area contributed by atoms with E-state index in [4.69, 9.17) is 9.72 Å². The first kappa shape index (κ1) is 28.1. The van der Waals surface area contributed by atoms with E-state index in [0.717, 1.165) is 16.5 Å². The number of benzene rings is 3. The molecule has 3 aromatic carbocycles. The van der Waals surface area contributed by atoms with E-state index in [1.165, 1.54) is 4.90 Å². The molecule has 3 fully saturated rings. The minimum Gasteiger partial charge on any atom is -0.451 e. The number of nitrogens with zero attached hydrogens (tertiary/aromatic N) is 2. The van der Waals surface area contributed by atoms with E-state index < -0.39 is 12.1 Å². The zero-order chi connectivity index (χ0) is 31.1. The molecular formula is C37H29BrN2O5. The average molecular weight is 662 g/mol. The molecule has 5 aliphatic rings. The number of rotatable bonds is 6. The van der Waals surface area contributed by atoms with Gasteiger partial charge >= 0.3 is 5.97 Å². The van der Waals surface area contributed by atoms with E-state index in [1.807, 2.05) is 37.3 Å². The summed E-state index contributed by atoms with van der Waals surface area (Å²) in [5.74, 6) is -0.218. The van der Waals surface area contributed by atoms with Gasteiger partial charge in [-0.15, -0.1) is 0 Å². The molecule has 2 amide bonds. The van der Waals surface area contributed by atoms with Crippen LogP contribution in [0.15, 0.2) is 89.4 Å². The van der Waals surface area contributed by atoms with Gasteiger partial charge in [0.15, 0.2) is 6.10 Å². The number of ketones is 1. The molecule has 4 aliphatic carbocycles. The molecule has 2 bridgehead atoms. The number of allylic oxidation sites excluding steroid dienone is 2. The Hall–Kier alpha value is -4.43. The summed E-state index contributed by atoms with van der Waals surface area (Å²) >= 11 is 3.53. The normalized spacial score (nSPS) is 26.5. The molecule has 4 aromatic rings. The topological polar surface area (TPSA) is 93.6 Å². The van der Waals surface area contributed by atoms with Gasteiger partial charge in [-0.1, -0.05) is 70.5 Å². The van der Waals surface area contributed by atoms with Crippen LogP contribution in [0, 0.1) is 42.4 Å². The molecule has 1 aliphatic heterocycles. The molecule has 224 valence electrons. The van der Waals surface area contributed by atoms with Crippen LogP contribution in [-0.4, -0.2) is 34.7 Å². The maximum Gasteiger partial charge on any atom is 0.339 e. The largest absolute Gasteiger partial charge is 0.451 e. The highest BCUT2D eigenvalue weighted by Gasteiger charge is 2.67. The van der Waals surface area contributed by atoms with Crippen molar-refractivity contribution in [3.8, 4) is 11.3 Å². The second-order valence-electron chi connectivity index (χ2n) is 12.7. The lowest BCUT2D eigenvalue weighted by atomic mass is 9.63. The number of aromatic nitrogens is 1. The van der Waals surface area contributed by atoms with Gasteiger partial charge in [-0.3, -0.25) is 19.3 Å². The third kappa shape index (κ3) is 4.41. The summed E-state index contributed by atoms with van der Waals surface area (Å²) in [5, 5.41) is 0.601. The Morgan fingerprint density at radius 1 is 0.911 bits per heavy atom. The minimum atomic E-state index is -0.991. The molecule has 7 atom stereocenters. The van der Waals surface area contributed by atoms with Gasteiger partial charge in [0.25, 0.3) is 0 Å². The van der Waals surface area contributed by atoms with Crippen LogP contribution in [0.3, 0.4) is 0 Å². The van der Waals surface area contributed by atoms with Crippen LogP contribution in [-0.2, 0) is 14.3 Å². The van der Waals surface area contributed by atoms with Crippen LogP contribution in [0.2, 0.25) is 0 Å². The molecule has 8 heteroatoms. The van der Waals surface area contributed by atoms with Gasteiger partial charge in [0.05, 0.1) is 34.3 Å². The summed E-state index contributed by atoms with van der Waals surface area (Å²) in [7, 11) is 0. The number of fused-ring (bicyclic) bond motifs is 1. The fourth-order valence-electron chi connectivity index (χ4n) is 7.88. The Labute approximate surface area is 268 Å². The number of anilines is 1. The highest BCUT2D eigenvalue weighted by Crippen LogP contribution is 2.65. The Kier molecular flexibility index (Phi) is 6.43. The Balaban J connectivity index is 1.11. The number of carbonyl (C=O) groups excluding carboxylic acids is 4. The summed E-state index contributed by atoms with van der Waals surface area (Å²) in [6.07, 6.45) is 4.47. The number of Topliss-reactive ketones (excluding diaryl/α,β-unsaturated/α-hetero) is 1. The second-order valence-corrected chi connectivity index (χ2v) is 13.6. The SMILES string of the molecule is Cc1cc(Br)cc2c(C(=O)OC(C)C(=O)c3ccccc3)cc(-c3ccc(N4C(=O)C5C6C=CC(C7CC67)C5C4=O)cc3)nc12. The fourth-order valence-corrected chi connectivity index (χ4v) is 8.45. The van der Waals surface area contributed by atoms with Crippen LogP contribution in [0.5, 0.6) is 0 Å². The highest BCUT2D eigenvalue weighted by atomic mass is 79.9. The zero-order valence-corrected chi connectivity index (χ0v) is 26.2. The molecule has 9 rings (SSSR count). The number of esters is 1. The predicted octanol–water partition coefficient (Wildman–Crippen LogP) is 6.96. The van der Waals surface area contributed by atoms with Crippen LogP contribution in [0.1, 0.15) is 39.6 Å². The van der Waals surface area contributed by atoms with E-state index in [1.54, 1.807) is 49.4 Å². The van der Waals surface area contributed by atoms with Gasteiger partial charge in [0.2, 0.25) is 17.6 Å². The summed E-state index contributed by atoms with van der Waals surface area (Å²) in [6.45, 7) is 3.48. The standard InChI is InChI=1S/C37H29BrN2O5/c1-18-14-22(38)15-28-29(37(44)45-19(2)34(41)21-6-4-3-5-7-21)17-30(39-33(18)28)20-8-10-23(11-9-20)40-35(42)31-24-12-13-25(27-16-26(24)27)32(31)36(40)43/h3-15,17,19,24-27,31-32H,16H2,1-2H3. The molecule has 45 heavy (non-hydrogen) atoms. The van der Waals surface area contributed by atoms with Crippen molar-refractivity contribution >= 4 is 56.1 Å². The zero-order valence-electron chi connectivity index (χ0n) is 24.6. The number of amides is 2. The number of hydrogen-bond donors (Lipinski definition) is 0. The molecular weight excluding hydrogens is 632 g/mol. The number of carbonyl (C=O) groups is 4. The van der Waals surface area contributed by atoms with Crippen LogP contribution in [0.4, 0.5) is 5.69 Å². The molecule has 2 heterocycles.